The average molecular weight is 217 g/mol. The zero-order valence-electron chi connectivity index (χ0n) is 8.90. The van der Waals surface area contributed by atoms with E-state index in [9.17, 15) is 4.79 Å². The van der Waals surface area contributed by atoms with E-state index in [2.05, 4.69) is 5.32 Å². The lowest BCUT2D eigenvalue weighted by Crippen LogP contribution is -2.31. The van der Waals surface area contributed by atoms with Crippen LogP contribution >= 0.6 is 0 Å². The largest absolute Gasteiger partial charge is 0.480 e. The van der Waals surface area contributed by atoms with Gasteiger partial charge in [0.2, 0.25) is 0 Å². The maximum absolute atomic E-state index is 10.4. The molecule has 6 nitrogen and oxygen atoms in total. The van der Waals surface area contributed by atoms with Crippen molar-refractivity contribution in [1.82, 2.24) is 5.32 Å². The molecule has 0 aromatic heterocycles. The summed E-state index contributed by atoms with van der Waals surface area (Å²) < 4.78 is 5.14. The minimum absolute atomic E-state index is 0.196. The number of carboxylic acid groups (broad SMARTS) is 1. The molecule has 0 aliphatic heterocycles. The van der Waals surface area contributed by atoms with E-state index in [4.69, 9.17) is 21.0 Å². The third-order valence-corrected chi connectivity index (χ3v) is 1.87. The fraction of sp³-hybridized carbons (Fsp3) is 0.778. The quantitative estimate of drug-likeness (QED) is 0.242. The van der Waals surface area contributed by atoms with Crippen molar-refractivity contribution in [3.05, 3.63) is 0 Å². The molecule has 15 heavy (non-hydrogen) atoms. The highest BCUT2D eigenvalue weighted by molar-refractivity contribution is 5.72. The summed E-state index contributed by atoms with van der Waals surface area (Å²) in [6, 6.07) is -0.784. The van der Waals surface area contributed by atoms with Gasteiger partial charge in [-0.1, -0.05) is 0 Å². The highest BCUT2D eigenvalue weighted by Gasteiger charge is 2.09. The molecule has 0 heterocycles. The van der Waals surface area contributed by atoms with E-state index < -0.39 is 12.0 Å². The number of nitrogens with two attached hydrogens (primary N) is 1. The molecule has 0 aliphatic rings. The van der Waals surface area contributed by atoms with E-state index in [1.165, 1.54) is 6.21 Å². The van der Waals surface area contributed by atoms with Crippen molar-refractivity contribution in [2.75, 3.05) is 13.3 Å². The van der Waals surface area contributed by atoms with E-state index in [0.717, 1.165) is 0 Å². The van der Waals surface area contributed by atoms with Gasteiger partial charge in [-0.2, -0.15) is 0 Å². The van der Waals surface area contributed by atoms with Gasteiger partial charge in [0.15, 0.2) is 0 Å². The molecular formula is C9H19N3O3. The second-order valence-electron chi connectivity index (χ2n) is 3.27. The predicted octanol–water partition coefficient (Wildman–Crippen LogP) is -0.220. The Bertz CT molecular complexity index is 199. The molecule has 0 bridgehead atoms. The molecule has 0 saturated heterocycles. The molecule has 1 unspecified atom stereocenters. The molecule has 2 atom stereocenters. The molecule has 0 amide bonds. The van der Waals surface area contributed by atoms with E-state index in [-0.39, 0.29) is 6.10 Å². The van der Waals surface area contributed by atoms with Gasteiger partial charge in [-0.25, -0.2) is 0 Å². The monoisotopic (exact) mass is 217 g/mol. The van der Waals surface area contributed by atoms with Crippen LogP contribution in [-0.2, 0) is 9.53 Å². The standard InChI is InChI=1S/C9H19N3O3/c1-7(5-10)15-6-12-4-2-3-8(11)9(13)14/h5,7-8,10,12H,2-4,6,11H2,1H3,(H,13,14)/t7?,8-/m0/s1. The van der Waals surface area contributed by atoms with Gasteiger partial charge in [0.1, 0.15) is 6.04 Å². The molecule has 0 radical (unpaired) electrons. The van der Waals surface area contributed by atoms with Crippen LogP contribution in [0.5, 0.6) is 0 Å². The number of carboxylic acids is 1. The lowest BCUT2D eigenvalue weighted by atomic mass is 10.2. The Hall–Kier alpha value is -0.980. The first-order valence-electron chi connectivity index (χ1n) is 4.89. The summed E-state index contributed by atoms with van der Waals surface area (Å²) in [7, 11) is 0. The number of nitrogens with one attached hydrogen (secondary N) is 2. The Morgan fingerprint density at radius 1 is 1.73 bits per heavy atom. The van der Waals surface area contributed by atoms with Crippen LogP contribution in [0, 0.1) is 5.41 Å². The highest BCUT2D eigenvalue weighted by atomic mass is 16.5. The molecular weight excluding hydrogens is 198 g/mol. The van der Waals surface area contributed by atoms with Gasteiger partial charge in [0, 0.05) is 6.21 Å². The molecule has 0 aliphatic carbocycles. The number of hydrogen-bond donors (Lipinski definition) is 4. The van der Waals surface area contributed by atoms with Crippen molar-refractivity contribution in [1.29, 1.82) is 5.41 Å². The lowest BCUT2D eigenvalue weighted by molar-refractivity contribution is -0.138. The summed E-state index contributed by atoms with van der Waals surface area (Å²) in [5.41, 5.74) is 5.31. The average Bonchev–Trinajstić information content (AvgIpc) is 2.22. The van der Waals surface area contributed by atoms with E-state index in [0.29, 0.717) is 26.1 Å². The normalized spacial score (nSPS) is 14.5. The summed E-state index contributed by atoms with van der Waals surface area (Å²) in [5, 5.41) is 18.3. The fourth-order valence-electron chi connectivity index (χ4n) is 0.881. The minimum Gasteiger partial charge on any atom is -0.480 e. The van der Waals surface area contributed by atoms with Crippen LogP contribution in [0.2, 0.25) is 0 Å². The van der Waals surface area contributed by atoms with Gasteiger partial charge >= 0.3 is 5.97 Å². The molecule has 0 aromatic carbocycles. The van der Waals surface area contributed by atoms with Crippen LogP contribution < -0.4 is 11.1 Å². The summed E-state index contributed by atoms with van der Waals surface area (Å²) in [5.74, 6) is -0.969. The van der Waals surface area contributed by atoms with Gasteiger partial charge in [0.05, 0.1) is 12.8 Å². The SMILES string of the molecule is CC(C=N)OCNCCC[C@H](N)C(=O)O. The first-order valence-corrected chi connectivity index (χ1v) is 4.89. The Morgan fingerprint density at radius 3 is 2.93 bits per heavy atom. The summed E-state index contributed by atoms with van der Waals surface area (Å²) in [4.78, 5) is 10.4. The van der Waals surface area contributed by atoms with Crippen molar-refractivity contribution in [3.8, 4) is 0 Å². The van der Waals surface area contributed by atoms with Crippen LogP contribution in [0.4, 0.5) is 0 Å². The van der Waals surface area contributed by atoms with Crippen molar-refractivity contribution in [2.24, 2.45) is 5.73 Å². The zero-order valence-corrected chi connectivity index (χ0v) is 8.90. The molecule has 0 rings (SSSR count). The van der Waals surface area contributed by atoms with E-state index in [1.54, 1.807) is 6.92 Å². The van der Waals surface area contributed by atoms with Crippen LogP contribution in [0.1, 0.15) is 19.8 Å². The number of hydrogen-bond acceptors (Lipinski definition) is 5. The Balaban J connectivity index is 3.25. The van der Waals surface area contributed by atoms with E-state index >= 15 is 0 Å². The van der Waals surface area contributed by atoms with Gasteiger partial charge in [0.25, 0.3) is 0 Å². The van der Waals surface area contributed by atoms with Crippen molar-refractivity contribution in [3.63, 3.8) is 0 Å². The maximum atomic E-state index is 10.4. The third-order valence-electron chi connectivity index (χ3n) is 1.87. The van der Waals surface area contributed by atoms with Gasteiger partial charge in [-0.05, 0) is 26.3 Å². The lowest BCUT2D eigenvalue weighted by Gasteiger charge is -2.09. The maximum Gasteiger partial charge on any atom is 0.320 e. The molecule has 0 spiro atoms. The molecule has 88 valence electrons. The first-order chi connectivity index (χ1) is 7.07. The number of aliphatic carboxylic acids is 1. The minimum atomic E-state index is -0.969. The number of ether oxygens (including phenoxy) is 1. The van der Waals surface area contributed by atoms with Crippen molar-refractivity contribution < 1.29 is 14.6 Å². The molecule has 0 aromatic rings. The van der Waals surface area contributed by atoms with Gasteiger partial charge in [-0.15, -0.1) is 0 Å². The summed E-state index contributed by atoms with van der Waals surface area (Å²) in [6.45, 7) is 2.79. The Morgan fingerprint density at radius 2 is 2.40 bits per heavy atom. The topological polar surface area (TPSA) is 108 Å². The predicted molar refractivity (Wildman–Crippen MR) is 57.0 cm³/mol. The van der Waals surface area contributed by atoms with Crippen LogP contribution in [0.25, 0.3) is 0 Å². The summed E-state index contributed by atoms with van der Waals surface area (Å²) in [6.07, 6.45) is 2.15. The van der Waals surface area contributed by atoms with Gasteiger partial charge in [-0.3, -0.25) is 10.1 Å². The van der Waals surface area contributed by atoms with E-state index in [1.807, 2.05) is 0 Å². The smallest absolute Gasteiger partial charge is 0.320 e. The highest BCUT2D eigenvalue weighted by Crippen LogP contribution is 1.93. The number of rotatable bonds is 9. The van der Waals surface area contributed by atoms with Crippen LogP contribution in [-0.4, -0.2) is 42.7 Å². The second-order valence-corrected chi connectivity index (χ2v) is 3.27. The van der Waals surface area contributed by atoms with Crippen molar-refractivity contribution in [2.45, 2.75) is 31.9 Å². The third kappa shape index (κ3) is 8.04. The van der Waals surface area contributed by atoms with Crippen LogP contribution in [0.3, 0.4) is 0 Å². The Kier molecular flexibility index (Phi) is 7.79. The Labute approximate surface area is 89.3 Å². The second kappa shape index (κ2) is 8.34. The zero-order chi connectivity index (χ0) is 11.7. The van der Waals surface area contributed by atoms with Gasteiger partial charge < -0.3 is 21.0 Å². The van der Waals surface area contributed by atoms with Crippen LogP contribution in [0.15, 0.2) is 0 Å². The molecule has 6 heteroatoms. The first kappa shape index (κ1) is 14.0. The van der Waals surface area contributed by atoms with Crippen molar-refractivity contribution >= 4 is 12.2 Å². The number of carbonyl (C=O) groups is 1. The fourth-order valence-corrected chi connectivity index (χ4v) is 0.881. The summed E-state index contributed by atoms with van der Waals surface area (Å²) >= 11 is 0. The molecule has 5 N–H and O–H groups in total. The molecule has 0 fully saturated rings. The molecule has 0 saturated carbocycles.